The van der Waals surface area contributed by atoms with Crippen LogP contribution in [0.5, 0.6) is 0 Å². The van der Waals surface area contributed by atoms with E-state index < -0.39 is 27.9 Å². The van der Waals surface area contributed by atoms with Gasteiger partial charge in [0.1, 0.15) is 5.82 Å². The van der Waals surface area contributed by atoms with Crippen LogP contribution in [0.25, 0.3) is 0 Å². The number of sulfonamides is 1. The number of carboxylic acids is 1. The summed E-state index contributed by atoms with van der Waals surface area (Å²) in [5.41, 5.74) is 0.430. The van der Waals surface area contributed by atoms with Gasteiger partial charge in [0.25, 0.3) is 0 Å². The maximum Gasteiger partial charge on any atom is 0.303 e. The molecule has 1 aromatic rings. The Morgan fingerprint density at radius 1 is 1.47 bits per heavy atom. The van der Waals surface area contributed by atoms with Crippen molar-refractivity contribution in [2.45, 2.75) is 37.6 Å². The standard InChI is InChI=1S/C12H16FNO4S/c1-8-3-5-10(13)7-11(8)19(17,18)14-9(2)4-6-12(15)16/h3,5,7,9,14H,4,6H2,1-2H3,(H,15,16). The van der Waals surface area contributed by atoms with Crippen molar-refractivity contribution in [3.8, 4) is 0 Å². The van der Waals surface area contributed by atoms with E-state index >= 15 is 0 Å². The first kappa shape index (κ1) is 15.6. The van der Waals surface area contributed by atoms with Gasteiger partial charge in [-0.3, -0.25) is 4.79 Å². The molecule has 0 saturated heterocycles. The van der Waals surface area contributed by atoms with Gasteiger partial charge in [0.05, 0.1) is 4.90 Å². The molecule has 1 atom stereocenters. The summed E-state index contributed by atoms with van der Waals surface area (Å²) in [4.78, 5) is 10.3. The van der Waals surface area contributed by atoms with E-state index in [1.54, 1.807) is 13.8 Å². The second-order valence-electron chi connectivity index (χ2n) is 4.36. The molecule has 1 unspecified atom stereocenters. The number of rotatable bonds is 6. The number of nitrogens with one attached hydrogen (secondary N) is 1. The second kappa shape index (κ2) is 6.12. The van der Waals surface area contributed by atoms with Gasteiger partial charge in [0, 0.05) is 12.5 Å². The Kier molecular flexibility index (Phi) is 5.02. The van der Waals surface area contributed by atoms with Gasteiger partial charge in [-0.1, -0.05) is 6.07 Å². The molecule has 5 nitrogen and oxygen atoms in total. The molecule has 1 aromatic carbocycles. The van der Waals surface area contributed by atoms with Crippen LogP contribution in [0.2, 0.25) is 0 Å². The van der Waals surface area contributed by atoms with Crippen molar-refractivity contribution in [2.75, 3.05) is 0 Å². The minimum Gasteiger partial charge on any atom is -0.481 e. The molecule has 0 heterocycles. The fourth-order valence-corrected chi connectivity index (χ4v) is 3.12. The summed E-state index contributed by atoms with van der Waals surface area (Å²) in [6.07, 6.45) is 0.0365. The molecule has 0 aromatic heterocycles. The summed E-state index contributed by atoms with van der Waals surface area (Å²) in [6, 6.07) is 2.97. The molecule has 0 amide bonds. The SMILES string of the molecule is Cc1ccc(F)cc1S(=O)(=O)NC(C)CCC(=O)O. The monoisotopic (exact) mass is 289 g/mol. The van der Waals surface area contributed by atoms with Crippen molar-refractivity contribution in [1.82, 2.24) is 4.72 Å². The topological polar surface area (TPSA) is 83.5 Å². The van der Waals surface area contributed by atoms with Crippen LogP contribution >= 0.6 is 0 Å². The van der Waals surface area contributed by atoms with Gasteiger partial charge < -0.3 is 5.11 Å². The van der Waals surface area contributed by atoms with Gasteiger partial charge in [0.15, 0.2) is 0 Å². The maximum absolute atomic E-state index is 13.1. The Balaban J connectivity index is 2.86. The molecule has 19 heavy (non-hydrogen) atoms. The molecule has 0 aliphatic carbocycles. The average Bonchev–Trinajstić information content (AvgIpc) is 2.29. The molecule has 0 saturated carbocycles. The van der Waals surface area contributed by atoms with E-state index in [0.717, 1.165) is 6.07 Å². The van der Waals surface area contributed by atoms with Crippen molar-refractivity contribution < 1.29 is 22.7 Å². The fourth-order valence-electron chi connectivity index (χ4n) is 1.59. The van der Waals surface area contributed by atoms with E-state index in [4.69, 9.17) is 5.11 Å². The molecule has 0 radical (unpaired) electrons. The number of aryl methyl sites for hydroxylation is 1. The Labute approximate surface area is 111 Å². The molecule has 7 heteroatoms. The highest BCUT2D eigenvalue weighted by atomic mass is 32.2. The lowest BCUT2D eigenvalue weighted by atomic mass is 10.2. The van der Waals surface area contributed by atoms with Gasteiger partial charge in [-0.15, -0.1) is 0 Å². The minimum atomic E-state index is -3.84. The summed E-state index contributed by atoms with van der Waals surface area (Å²) < 4.78 is 39.5. The van der Waals surface area contributed by atoms with Crippen molar-refractivity contribution >= 4 is 16.0 Å². The van der Waals surface area contributed by atoms with E-state index in [1.165, 1.54) is 12.1 Å². The average molecular weight is 289 g/mol. The van der Waals surface area contributed by atoms with Gasteiger partial charge >= 0.3 is 5.97 Å². The molecule has 0 fully saturated rings. The van der Waals surface area contributed by atoms with Crippen LogP contribution in [-0.4, -0.2) is 25.5 Å². The van der Waals surface area contributed by atoms with E-state index in [9.17, 15) is 17.6 Å². The Morgan fingerprint density at radius 3 is 2.68 bits per heavy atom. The fraction of sp³-hybridized carbons (Fsp3) is 0.417. The zero-order valence-electron chi connectivity index (χ0n) is 10.7. The largest absolute Gasteiger partial charge is 0.481 e. The van der Waals surface area contributed by atoms with Crippen molar-refractivity contribution in [2.24, 2.45) is 0 Å². The smallest absolute Gasteiger partial charge is 0.303 e. The summed E-state index contributed by atoms with van der Waals surface area (Å²) in [7, 11) is -3.84. The number of hydrogen-bond acceptors (Lipinski definition) is 3. The maximum atomic E-state index is 13.1. The molecule has 1 rings (SSSR count). The number of benzene rings is 1. The summed E-state index contributed by atoms with van der Waals surface area (Å²) in [6.45, 7) is 3.13. The van der Waals surface area contributed by atoms with Crippen molar-refractivity contribution in [3.63, 3.8) is 0 Å². The first-order valence-corrected chi connectivity index (χ1v) is 7.21. The molecule has 0 aliphatic rings. The number of carboxylic acid groups (broad SMARTS) is 1. The summed E-state index contributed by atoms with van der Waals surface area (Å²) in [5, 5.41) is 8.53. The van der Waals surface area contributed by atoms with Crippen LogP contribution < -0.4 is 4.72 Å². The molecule has 0 spiro atoms. The number of aliphatic carboxylic acids is 1. The zero-order valence-corrected chi connectivity index (χ0v) is 11.5. The first-order chi connectivity index (χ1) is 8.72. The Bertz CT molecular complexity index is 571. The van der Waals surface area contributed by atoms with Crippen LogP contribution in [0.4, 0.5) is 4.39 Å². The van der Waals surface area contributed by atoms with E-state index in [2.05, 4.69) is 4.72 Å². The Hall–Kier alpha value is -1.47. The van der Waals surface area contributed by atoms with Crippen LogP contribution in [-0.2, 0) is 14.8 Å². The van der Waals surface area contributed by atoms with E-state index in [1.807, 2.05) is 0 Å². The lowest BCUT2D eigenvalue weighted by molar-refractivity contribution is -0.137. The van der Waals surface area contributed by atoms with E-state index in [0.29, 0.717) is 5.56 Å². The quantitative estimate of drug-likeness (QED) is 0.834. The number of carbonyl (C=O) groups is 1. The van der Waals surface area contributed by atoms with Gasteiger partial charge in [0.2, 0.25) is 10.0 Å². The molecule has 0 aliphatic heterocycles. The first-order valence-electron chi connectivity index (χ1n) is 5.72. The minimum absolute atomic E-state index is 0.130. The molecule has 0 bridgehead atoms. The zero-order chi connectivity index (χ0) is 14.6. The molecule has 106 valence electrons. The van der Waals surface area contributed by atoms with Gasteiger partial charge in [-0.25, -0.2) is 17.5 Å². The van der Waals surface area contributed by atoms with Crippen LogP contribution in [0.15, 0.2) is 23.1 Å². The van der Waals surface area contributed by atoms with Crippen LogP contribution in [0.3, 0.4) is 0 Å². The third-order valence-corrected chi connectivity index (χ3v) is 4.32. The highest BCUT2D eigenvalue weighted by Crippen LogP contribution is 2.17. The van der Waals surface area contributed by atoms with E-state index in [-0.39, 0.29) is 17.7 Å². The third kappa shape index (κ3) is 4.60. The Morgan fingerprint density at radius 2 is 2.11 bits per heavy atom. The van der Waals surface area contributed by atoms with Crippen molar-refractivity contribution in [1.29, 1.82) is 0 Å². The van der Waals surface area contributed by atoms with Crippen molar-refractivity contribution in [3.05, 3.63) is 29.6 Å². The molecular weight excluding hydrogens is 273 g/mol. The second-order valence-corrected chi connectivity index (χ2v) is 6.05. The molecular formula is C12H16FNO4S. The lowest BCUT2D eigenvalue weighted by Gasteiger charge is -2.14. The van der Waals surface area contributed by atoms with Gasteiger partial charge in [-0.05, 0) is 38.0 Å². The third-order valence-electron chi connectivity index (χ3n) is 2.59. The highest BCUT2D eigenvalue weighted by molar-refractivity contribution is 7.89. The normalized spacial score (nSPS) is 13.2. The summed E-state index contributed by atoms with van der Waals surface area (Å²) in [5.74, 6) is -1.63. The van der Waals surface area contributed by atoms with Crippen LogP contribution in [0, 0.1) is 12.7 Å². The lowest BCUT2D eigenvalue weighted by Crippen LogP contribution is -2.33. The summed E-state index contributed by atoms with van der Waals surface area (Å²) >= 11 is 0. The van der Waals surface area contributed by atoms with Crippen LogP contribution in [0.1, 0.15) is 25.3 Å². The predicted octanol–water partition coefficient (Wildman–Crippen LogP) is 1.67. The van der Waals surface area contributed by atoms with Gasteiger partial charge in [-0.2, -0.15) is 0 Å². The number of hydrogen-bond donors (Lipinski definition) is 2. The number of halogens is 1. The highest BCUT2D eigenvalue weighted by Gasteiger charge is 2.20. The molecule has 2 N–H and O–H groups in total. The predicted molar refractivity (Wildman–Crippen MR) is 67.8 cm³/mol.